The van der Waals surface area contributed by atoms with Gasteiger partial charge in [0.1, 0.15) is 49.0 Å². The van der Waals surface area contributed by atoms with Crippen molar-refractivity contribution >= 4 is 53.4 Å². The maximum atomic E-state index is 12.4. The molecule has 0 spiro atoms. The molecule has 0 amide bonds. The Labute approximate surface area is 631 Å². The topological polar surface area (TPSA) is 407 Å². The predicted molar refractivity (Wildman–Crippen MR) is 391 cm³/mol. The van der Waals surface area contributed by atoms with Crippen molar-refractivity contribution in [2.24, 2.45) is 11.8 Å². The number of esters is 1. The van der Waals surface area contributed by atoms with Gasteiger partial charge >= 0.3 is 5.97 Å². The summed E-state index contributed by atoms with van der Waals surface area (Å²) in [6.07, 6.45) is 7.59. The summed E-state index contributed by atoms with van der Waals surface area (Å²) in [5.41, 5.74) is 3.83. The van der Waals surface area contributed by atoms with Crippen LogP contribution in [-0.4, -0.2) is 240 Å². The molecule has 6 aromatic rings. The Morgan fingerprint density at radius 3 is 1.27 bits per heavy atom. The number of ether oxygens (including phenoxy) is 15. The highest BCUT2D eigenvalue weighted by molar-refractivity contribution is 6.11. The molecule has 109 heavy (non-hydrogen) atoms. The highest BCUT2D eigenvalue weighted by Gasteiger charge is 2.45. The normalized spacial score (nSPS) is 19.9. The first-order valence-corrected chi connectivity index (χ1v) is 35.3. The number of methoxy groups -OCH3 is 4. The number of rotatable bonds is 45. The second-order valence-corrected chi connectivity index (χ2v) is 24.9. The molecule has 2 saturated heterocycles. The van der Waals surface area contributed by atoms with Crippen LogP contribution in [0.25, 0.3) is 24.3 Å². The third kappa shape index (κ3) is 28.6. The number of nitrogens with zero attached hydrogens (tertiary/aromatic N) is 6. The first kappa shape index (κ1) is 86.4. The molecule has 32 nitrogen and oxygen atoms in total. The number of carbonyl (C=O) groups excluding carboxylic acids is 5. The molecule has 592 valence electrons. The molecule has 6 N–H and O–H groups in total. The lowest BCUT2D eigenvalue weighted by Crippen LogP contribution is -2.59. The summed E-state index contributed by atoms with van der Waals surface area (Å²) in [4.78, 5) is 61.1. The van der Waals surface area contributed by atoms with E-state index in [1.54, 1.807) is 107 Å². The Kier molecular flexibility index (Phi) is 36.4. The molecule has 4 heterocycles. The van der Waals surface area contributed by atoms with E-state index in [4.69, 9.17) is 71.1 Å². The molecular weight excluding hydrogens is 1420 g/mol. The molecule has 32 heteroatoms. The van der Waals surface area contributed by atoms with Gasteiger partial charge in [0, 0.05) is 12.8 Å². The minimum atomic E-state index is -1.50. The maximum absolute atomic E-state index is 12.4. The summed E-state index contributed by atoms with van der Waals surface area (Å²) in [6.45, 7) is 11.2. The average molecular weight is 1520 g/mol. The van der Waals surface area contributed by atoms with Crippen molar-refractivity contribution < 1.29 is 126 Å². The molecule has 2 aromatic heterocycles. The summed E-state index contributed by atoms with van der Waals surface area (Å²) >= 11 is 0. The van der Waals surface area contributed by atoms with Crippen LogP contribution in [-0.2, 0) is 92.9 Å². The van der Waals surface area contributed by atoms with E-state index in [0.717, 1.165) is 6.42 Å². The van der Waals surface area contributed by atoms with E-state index < -0.39 is 49.7 Å². The smallest absolute Gasteiger partial charge is 0.303 e. The Morgan fingerprint density at radius 2 is 0.862 bits per heavy atom. The minimum Gasteiger partial charge on any atom is -0.504 e. The highest BCUT2D eigenvalue weighted by atomic mass is 16.7. The van der Waals surface area contributed by atoms with E-state index in [9.17, 15) is 54.6 Å². The number of aromatic hydroxyl groups is 2. The zero-order chi connectivity index (χ0) is 78.6. The van der Waals surface area contributed by atoms with Gasteiger partial charge in [0.25, 0.3) is 0 Å². The molecule has 2 aliphatic rings. The maximum Gasteiger partial charge on any atom is 0.303 e. The van der Waals surface area contributed by atoms with Crippen LogP contribution < -0.4 is 28.4 Å². The van der Waals surface area contributed by atoms with Crippen molar-refractivity contribution in [3.05, 3.63) is 143 Å². The van der Waals surface area contributed by atoms with E-state index in [1.807, 2.05) is 0 Å². The quantitative estimate of drug-likeness (QED) is 0.0112. The zero-order valence-electron chi connectivity index (χ0n) is 62.2. The number of phenols is 2. The monoisotopic (exact) mass is 1520 g/mol. The fourth-order valence-corrected chi connectivity index (χ4v) is 10.9. The van der Waals surface area contributed by atoms with Crippen LogP contribution in [0.15, 0.2) is 109 Å². The first-order chi connectivity index (χ1) is 52.6. The Hall–Kier alpha value is -9.81. The van der Waals surface area contributed by atoms with Gasteiger partial charge in [-0.15, -0.1) is 10.2 Å². The number of hydrogen-bond acceptors (Lipinski definition) is 30. The molecule has 0 aliphatic carbocycles. The summed E-state index contributed by atoms with van der Waals surface area (Å²) in [5, 5.41) is 74.7. The molecule has 0 bridgehead atoms. The highest BCUT2D eigenvalue weighted by Crippen LogP contribution is 2.36. The van der Waals surface area contributed by atoms with Gasteiger partial charge in [-0.3, -0.25) is 24.0 Å². The average Bonchev–Trinajstić information content (AvgIpc) is 1.24. The summed E-state index contributed by atoms with van der Waals surface area (Å²) in [6, 6.07) is 19.7. The van der Waals surface area contributed by atoms with Crippen LogP contribution in [0.5, 0.6) is 46.0 Å². The lowest BCUT2D eigenvalue weighted by atomic mass is 9.82. The first-order valence-electron chi connectivity index (χ1n) is 35.3. The summed E-state index contributed by atoms with van der Waals surface area (Å²) in [7, 11) is 5.87. The van der Waals surface area contributed by atoms with Crippen LogP contribution in [0.1, 0.15) is 80.6 Å². The molecule has 8 rings (SSSR count). The second kappa shape index (κ2) is 45.9. The van der Waals surface area contributed by atoms with Gasteiger partial charge in [0.05, 0.1) is 146 Å². The van der Waals surface area contributed by atoms with E-state index in [2.05, 4.69) is 41.4 Å². The van der Waals surface area contributed by atoms with Gasteiger partial charge in [-0.2, -0.15) is 0 Å². The zero-order valence-corrected chi connectivity index (χ0v) is 62.2. The number of aliphatic hydroxyl groups is 4. The number of benzene rings is 4. The molecule has 2 fully saturated rings. The van der Waals surface area contributed by atoms with Crippen LogP contribution in [0.3, 0.4) is 0 Å². The number of phenolic OH excluding ortho intramolecular Hbond substituents is 2. The van der Waals surface area contributed by atoms with E-state index in [0.29, 0.717) is 116 Å². The van der Waals surface area contributed by atoms with Crippen molar-refractivity contribution in [3.8, 4) is 46.0 Å². The Morgan fingerprint density at radius 1 is 0.477 bits per heavy atom. The lowest BCUT2D eigenvalue weighted by Gasteiger charge is -2.43. The Balaban J connectivity index is 0.000000304. The lowest BCUT2D eigenvalue weighted by molar-refractivity contribution is -0.302. The minimum absolute atomic E-state index is 0.00611. The molecular formula is C77H98N6O26. The SMILES string of the molecule is CCC1OC(OCCOCCOCCn2cc(COc3ccc(/C=C/C(=O)CC(=O)/C=C/c4ccc(O)c(OC)c4)cc3OC)nn2)C(OC(C)=O)C(C)C1C.COc1cc(/C=C/C(=O)CC(=O)/C=C/c2ccc(OCc3cn(CCOCCOCCOC4OC(CO)C(O)C(O)C4O)nn3)c(OC)c2)ccc1O. The summed E-state index contributed by atoms with van der Waals surface area (Å²) in [5.74, 6) is 0.897. The third-order valence-electron chi connectivity index (χ3n) is 17.0. The van der Waals surface area contributed by atoms with Crippen molar-refractivity contribution in [1.29, 1.82) is 0 Å². The summed E-state index contributed by atoms with van der Waals surface area (Å²) < 4.78 is 86.6. The van der Waals surface area contributed by atoms with Crippen molar-refractivity contribution in [3.63, 3.8) is 0 Å². The molecule has 2 aliphatic heterocycles. The van der Waals surface area contributed by atoms with Crippen molar-refractivity contribution in [1.82, 2.24) is 30.0 Å². The van der Waals surface area contributed by atoms with Crippen molar-refractivity contribution in [2.45, 2.75) is 122 Å². The number of hydrogen-bond donors (Lipinski definition) is 6. The van der Waals surface area contributed by atoms with Gasteiger partial charge in [0.15, 0.2) is 87.8 Å². The number of aliphatic hydroxyl groups excluding tert-OH is 4. The number of carbonyl (C=O) groups is 5. The third-order valence-corrected chi connectivity index (χ3v) is 17.0. The van der Waals surface area contributed by atoms with Crippen LogP contribution >= 0.6 is 0 Å². The predicted octanol–water partition coefficient (Wildman–Crippen LogP) is 5.91. The van der Waals surface area contributed by atoms with Gasteiger partial charge in [0.2, 0.25) is 0 Å². The largest absolute Gasteiger partial charge is 0.504 e. The van der Waals surface area contributed by atoms with E-state index in [1.165, 1.54) is 71.8 Å². The van der Waals surface area contributed by atoms with Crippen LogP contribution in [0.2, 0.25) is 0 Å². The van der Waals surface area contributed by atoms with Gasteiger partial charge in [-0.05, 0) is 107 Å². The van der Waals surface area contributed by atoms with Crippen molar-refractivity contribution in [2.75, 3.05) is 101 Å². The number of ketones is 4. The molecule has 10 atom stereocenters. The molecule has 4 aromatic carbocycles. The van der Waals surface area contributed by atoms with E-state index in [-0.39, 0.29) is 116 Å². The molecule has 0 saturated carbocycles. The molecule has 10 unspecified atom stereocenters. The fourth-order valence-electron chi connectivity index (χ4n) is 10.9. The number of aromatic nitrogens is 6. The van der Waals surface area contributed by atoms with Crippen LogP contribution in [0, 0.1) is 11.8 Å². The van der Waals surface area contributed by atoms with E-state index >= 15 is 0 Å². The van der Waals surface area contributed by atoms with Gasteiger partial charge in [-0.1, -0.05) is 79.8 Å². The second-order valence-electron chi connectivity index (χ2n) is 24.9. The molecule has 0 radical (unpaired) electrons. The number of allylic oxidation sites excluding steroid dienone is 4. The van der Waals surface area contributed by atoms with Crippen LogP contribution in [0.4, 0.5) is 0 Å². The fraction of sp³-hybridized carbons (Fsp3) is 0.468. The standard InChI is InChI=1S/C41H53N3O12.C36H45N3O14/c1-7-36-27(2)28(3)40(55-29(4)45)41(56-36)53-21-20-52-19-18-51-17-16-44-25-32(42-43-44)26-54-37-15-11-31(23-39(37)50-6)9-13-34(47)24-33(46)12-8-30-10-14-35(48)38(22-30)49-5;1-47-30-17-23(5-9-28(30)43)3-7-26(41)19-27(42)8-4-24-6-10-29(31(18-24)48-2)52-22-25-20-39(38-37-25)11-12-49-13-14-50-15-16-51-36-35(46)34(45)33(44)32(21-40)53-36/h8-15,22-23,25,27-28,36,40-41,48H,7,16-21,24,26H2,1-6H3;3-10,17-18,20,32-36,40,43-46H,11-16,19,21-22H2,1-2H3/b12-8+,13-9+;7-3+,8-4+. The van der Waals surface area contributed by atoms with Gasteiger partial charge in [-0.25, -0.2) is 9.36 Å². The Bertz CT molecular complexity index is 3970. The van der Waals surface area contributed by atoms with Gasteiger partial charge < -0.3 is 102 Å².